The van der Waals surface area contributed by atoms with Gasteiger partial charge in [-0.2, -0.15) is 0 Å². The van der Waals surface area contributed by atoms with Crippen LogP contribution in [-0.2, 0) is 11.2 Å². The van der Waals surface area contributed by atoms with Gasteiger partial charge in [0.05, 0.1) is 6.61 Å². The number of nitrogens with two attached hydrogens (primary N) is 1. The molecule has 3 heteroatoms. The van der Waals surface area contributed by atoms with E-state index in [1.165, 1.54) is 5.56 Å². The summed E-state index contributed by atoms with van der Waals surface area (Å²) >= 11 is 0. The van der Waals surface area contributed by atoms with Gasteiger partial charge in [-0.05, 0) is 30.4 Å². The average molecular weight is 265 g/mol. The van der Waals surface area contributed by atoms with Gasteiger partial charge in [0.25, 0.3) is 0 Å². The highest BCUT2D eigenvalue weighted by atomic mass is 16.5. The molecule has 0 saturated carbocycles. The first-order valence-electron chi connectivity index (χ1n) is 7.17. The van der Waals surface area contributed by atoms with E-state index in [9.17, 15) is 0 Å². The Morgan fingerprint density at radius 2 is 1.89 bits per heavy atom. The Labute approximate surface area is 117 Å². The van der Waals surface area contributed by atoms with E-state index in [1.54, 1.807) is 0 Å². The van der Waals surface area contributed by atoms with Crippen molar-refractivity contribution in [1.82, 2.24) is 0 Å². The fourth-order valence-corrected chi connectivity index (χ4v) is 1.77. The monoisotopic (exact) mass is 265 g/mol. The second-order valence-corrected chi connectivity index (χ2v) is 5.30. The third kappa shape index (κ3) is 6.60. The molecule has 2 N–H and O–H groups in total. The van der Waals surface area contributed by atoms with E-state index in [1.807, 2.05) is 18.2 Å². The Kier molecular flexibility index (Phi) is 7.53. The summed E-state index contributed by atoms with van der Waals surface area (Å²) in [5, 5.41) is 0. The van der Waals surface area contributed by atoms with E-state index in [0.29, 0.717) is 19.1 Å². The third-order valence-corrected chi connectivity index (χ3v) is 2.92. The van der Waals surface area contributed by atoms with Crippen LogP contribution in [0, 0.1) is 5.92 Å². The van der Waals surface area contributed by atoms with Crippen LogP contribution in [0.3, 0.4) is 0 Å². The predicted molar refractivity (Wildman–Crippen MR) is 79.6 cm³/mol. The Morgan fingerprint density at radius 1 is 1.16 bits per heavy atom. The molecule has 1 atom stereocenters. The van der Waals surface area contributed by atoms with Crippen LogP contribution in [0.25, 0.3) is 0 Å². The number of para-hydroxylation sites is 1. The molecule has 1 unspecified atom stereocenters. The van der Waals surface area contributed by atoms with Gasteiger partial charge < -0.3 is 15.2 Å². The molecule has 0 fully saturated rings. The molecule has 0 heterocycles. The molecule has 0 aliphatic carbocycles. The van der Waals surface area contributed by atoms with Crippen LogP contribution in [0.15, 0.2) is 24.3 Å². The van der Waals surface area contributed by atoms with Crippen LogP contribution in [0.2, 0.25) is 0 Å². The van der Waals surface area contributed by atoms with Crippen molar-refractivity contribution in [3.05, 3.63) is 29.8 Å². The lowest BCUT2D eigenvalue weighted by molar-refractivity contribution is 0.0816. The maximum atomic E-state index is 6.00. The van der Waals surface area contributed by atoms with Crippen molar-refractivity contribution in [2.75, 3.05) is 19.8 Å². The SMILES string of the molecule is CCC(N)Cc1ccccc1OCCOCC(C)C. The summed E-state index contributed by atoms with van der Waals surface area (Å²) in [6.07, 6.45) is 1.84. The lowest BCUT2D eigenvalue weighted by Gasteiger charge is -2.14. The smallest absolute Gasteiger partial charge is 0.122 e. The summed E-state index contributed by atoms with van der Waals surface area (Å²) in [6.45, 7) is 8.39. The Bertz CT molecular complexity index is 352. The van der Waals surface area contributed by atoms with Crippen LogP contribution in [0.1, 0.15) is 32.8 Å². The molecule has 0 radical (unpaired) electrons. The minimum absolute atomic E-state index is 0.196. The summed E-state index contributed by atoms with van der Waals surface area (Å²) in [4.78, 5) is 0. The zero-order chi connectivity index (χ0) is 14.1. The minimum Gasteiger partial charge on any atom is -0.491 e. The first-order valence-corrected chi connectivity index (χ1v) is 7.17. The number of ether oxygens (including phenoxy) is 2. The Balaban J connectivity index is 2.40. The van der Waals surface area contributed by atoms with Gasteiger partial charge in [0, 0.05) is 12.6 Å². The maximum Gasteiger partial charge on any atom is 0.122 e. The van der Waals surface area contributed by atoms with Crippen molar-refractivity contribution >= 4 is 0 Å². The van der Waals surface area contributed by atoms with Gasteiger partial charge in [-0.25, -0.2) is 0 Å². The Hall–Kier alpha value is -1.06. The predicted octanol–water partition coefficient (Wildman–Crippen LogP) is 3.02. The summed E-state index contributed by atoms with van der Waals surface area (Å²) in [6, 6.07) is 8.30. The molecule has 0 amide bonds. The van der Waals surface area contributed by atoms with E-state index in [0.717, 1.165) is 25.2 Å². The van der Waals surface area contributed by atoms with Crippen molar-refractivity contribution in [3.8, 4) is 5.75 Å². The fraction of sp³-hybridized carbons (Fsp3) is 0.625. The number of benzene rings is 1. The molecule has 0 bridgehead atoms. The molecule has 3 nitrogen and oxygen atoms in total. The van der Waals surface area contributed by atoms with Gasteiger partial charge >= 0.3 is 0 Å². The molecule has 0 aromatic heterocycles. The second-order valence-electron chi connectivity index (χ2n) is 5.30. The van der Waals surface area contributed by atoms with Gasteiger partial charge in [-0.3, -0.25) is 0 Å². The maximum absolute atomic E-state index is 6.00. The van der Waals surface area contributed by atoms with E-state index < -0.39 is 0 Å². The van der Waals surface area contributed by atoms with E-state index in [2.05, 4.69) is 26.8 Å². The molecular weight excluding hydrogens is 238 g/mol. The van der Waals surface area contributed by atoms with Gasteiger partial charge in [0.1, 0.15) is 12.4 Å². The molecule has 1 aromatic carbocycles. The summed E-state index contributed by atoms with van der Waals surface area (Å²) in [5.74, 6) is 1.49. The lowest BCUT2D eigenvalue weighted by Crippen LogP contribution is -2.22. The molecular formula is C16H27NO2. The zero-order valence-corrected chi connectivity index (χ0v) is 12.4. The summed E-state index contributed by atoms with van der Waals surface area (Å²) in [5.41, 5.74) is 7.18. The van der Waals surface area contributed by atoms with Crippen molar-refractivity contribution in [1.29, 1.82) is 0 Å². The third-order valence-electron chi connectivity index (χ3n) is 2.92. The van der Waals surface area contributed by atoms with Crippen LogP contribution < -0.4 is 10.5 Å². The van der Waals surface area contributed by atoms with Crippen LogP contribution in [0.4, 0.5) is 0 Å². The average Bonchev–Trinajstić information content (AvgIpc) is 2.39. The standard InChI is InChI=1S/C16H27NO2/c1-4-15(17)11-14-7-5-6-8-16(14)19-10-9-18-12-13(2)3/h5-8,13,15H,4,9-12,17H2,1-3H3. The fourth-order valence-electron chi connectivity index (χ4n) is 1.77. The summed E-state index contributed by atoms with van der Waals surface area (Å²) in [7, 11) is 0. The second kappa shape index (κ2) is 8.94. The molecule has 0 spiro atoms. The molecule has 1 aromatic rings. The van der Waals surface area contributed by atoms with Crippen LogP contribution in [-0.4, -0.2) is 25.9 Å². The van der Waals surface area contributed by atoms with Gasteiger partial charge in [0.15, 0.2) is 0 Å². The number of rotatable bonds is 9. The molecule has 0 aliphatic rings. The molecule has 19 heavy (non-hydrogen) atoms. The van der Waals surface area contributed by atoms with Gasteiger partial charge in [-0.1, -0.05) is 39.0 Å². The number of hydrogen-bond donors (Lipinski definition) is 1. The van der Waals surface area contributed by atoms with Crippen LogP contribution in [0.5, 0.6) is 5.75 Å². The van der Waals surface area contributed by atoms with Crippen molar-refractivity contribution in [2.45, 2.75) is 39.7 Å². The Morgan fingerprint density at radius 3 is 2.58 bits per heavy atom. The van der Waals surface area contributed by atoms with Crippen molar-refractivity contribution in [2.24, 2.45) is 11.7 Å². The topological polar surface area (TPSA) is 44.5 Å². The van der Waals surface area contributed by atoms with E-state index in [4.69, 9.17) is 15.2 Å². The largest absolute Gasteiger partial charge is 0.491 e. The lowest BCUT2D eigenvalue weighted by atomic mass is 10.0. The van der Waals surface area contributed by atoms with Gasteiger partial charge in [0.2, 0.25) is 0 Å². The molecule has 108 valence electrons. The van der Waals surface area contributed by atoms with Crippen LogP contribution >= 0.6 is 0 Å². The molecule has 0 saturated heterocycles. The highest BCUT2D eigenvalue weighted by Crippen LogP contribution is 2.19. The quantitative estimate of drug-likeness (QED) is 0.698. The normalized spacial score (nSPS) is 12.7. The highest BCUT2D eigenvalue weighted by molar-refractivity contribution is 5.33. The van der Waals surface area contributed by atoms with Crippen molar-refractivity contribution in [3.63, 3.8) is 0 Å². The minimum atomic E-state index is 0.196. The highest BCUT2D eigenvalue weighted by Gasteiger charge is 2.07. The molecule has 0 aliphatic heterocycles. The van der Waals surface area contributed by atoms with Crippen molar-refractivity contribution < 1.29 is 9.47 Å². The van der Waals surface area contributed by atoms with Gasteiger partial charge in [-0.15, -0.1) is 0 Å². The van der Waals surface area contributed by atoms with E-state index in [-0.39, 0.29) is 6.04 Å². The zero-order valence-electron chi connectivity index (χ0n) is 12.4. The van der Waals surface area contributed by atoms with E-state index >= 15 is 0 Å². The first-order chi connectivity index (χ1) is 9.13. The first kappa shape index (κ1) is 16.0. The number of hydrogen-bond acceptors (Lipinski definition) is 3. The summed E-state index contributed by atoms with van der Waals surface area (Å²) < 4.78 is 11.3. The molecule has 1 rings (SSSR count).